The minimum atomic E-state index is -0.501. The van der Waals surface area contributed by atoms with Gasteiger partial charge >= 0.3 is 5.69 Å². The molecule has 36 heavy (non-hydrogen) atoms. The van der Waals surface area contributed by atoms with Gasteiger partial charge in [-0.15, -0.1) is 0 Å². The van der Waals surface area contributed by atoms with Crippen LogP contribution in [0.4, 0.5) is 5.69 Å². The largest absolute Gasteiger partial charge is 0.484 e. The number of benzene rings is 3. The first kappa shape index (κ1) is 23.0. The van der Waals surface area contributed by atoms with Gasteiger partial charge in [-0.3, -0.25) is 14.9 Å². The summed E-state index contributed by atoms with van der Waals surface area (Å²) in [4.78, 5) is 29.2. The first-order chi connectivity index (χ1) is 17.4. The molecular formula is C27H22N4O5. The van der Waals surface area contributed by atoms with E-state index in [9.17, 15) is 14.9 Å². The third kappa shape index (κ3) is 4.34. The number of hydrogen-bond donors (Lipinski definition) is 0. The number of para-hydroxylation sites is 2. The predicted octanol–water partition coefficient (Wildman–Crippen LogP) is 5.78. The fourth-order valence-corrected chi connectivity index (χ4v) is 3.76. The van der Waals surface area contributed by atoms with Crippen LogP contribution >= 0.6 is 0 Å². The van der Waals surface area contributed by atoms with Crippen LogP contribution in [0, 0.1) is 10.1 Å². The zero-order chi connectivity index (χ0) is 25.2. The average molecular weight is 482 g/mol. The Hall–Kier alpha value is -4.79. The number of nitrogens with zero attached hydrogens (tertiary/aromatic N) is 4. The molecule has 5 rings (SSSR count). The molecule has 0 aliphatic rings. The number of rotatable bonds is 7. The van der Waals surface area contributed by atoms with Crippen molar-refractivity contribution in [2.45, 2.75) is 26.4 Å². The van der Waals surface area contributed by atoms with Gasteiger partial charge < -0.3 is 9.15 Å². The molecule has 1 atom stereocenters. The van der Waals surface area contributed by atoms with Crippen molar-refractivity contribution in [1.29, 1.82) is 0 Å². The average Bonchev–Trinajstić information content (AvgIpc) is 3.32. The third-order valence-corrected chi connectivity index (χ3v) is 5.80. The van der Waals surface area contributed by atoms with Crippen LogP contribution in [0.5, 0.6) is 5.75 Å². The summed E-state index contributed by atoms with van der Waals surface area (Å²) < 4.78 is 12.8. The molecule has 9 heteroatoms. The molecule has 180 valence electrons. The Balaban J connectivity index is 1.63. The molecule has 5 aromatic rings. The summed E-state index contributed by atoms with van der Waals surface area (Å²) >= 11 is 0. The van der Waals surface area contributed by atoms with E-state index in [0.29, 0.717) is 34.2 Å². The molecule has 0 bridgehead atoms. The monoisotopic (exact) mass is 482 g/mol. The van der Waals surface area contributed by atoms with E-state index in [-0.39, 0.29) is 23.4 Å². The molecule has 2 aromatic heterocycles. The summed E-state index contributed by atoms with van der Waals surface area (Å²) in [5.74, 6) is 0.774. The Morgan fingerprint density at radius 3 is 2.69 bits per heavy atom. The molecule has 9 nitrogen and oxygen atoms in total. The van der Waals surface area contributed by atoms with Gasteiger partial charge in [0.05, 0.1) is 28.1 Å². The summed E-state index contributed by atoms with van der Waals surface area (Å²) in [6, 6.07) is 20.8. The zero-order valence-electron chi connectivity index (χ0n) is 19.6. The van der Waals surface area contributed by atoms with E-state index in [1.807, 2.05) is 38.1 Å². The van der Waals surface area contributed by atoms with Crippen molar-refractivity contribution in [3.63, 3.8) is 0 Å². The Bertz CT molecular complexity index is 1650. The van der Waals surface area contributed by atoms with Crippen LogP contribution in [0.15, 0.2) is 87.1 Å². The highest BCUT2D eigenvalue weighted by atomic mass is 16.6. The summed E-state index contributed by atoms with van der Waals surface area (Å²) in [5, 5.41) is 17.3. The first-order valence-corrected chi connectivity index (χ1v) is 11.4. The van der Waals surface area contributed by atoms with Crippen LogP contribution in [0.25, 0.3) is 33.5 Å². The molecule has 0 aliphatic carbocycles. The van der Waals surface area contributed by atoms with Gasteiger partial charge in [0.15, 0.2) is 11.5 Å². The minimum Gasteiger partial charge on any atom is -0.484 e. The smallest absolute Gasteiger partial charge is 0.311 e. The van der Waals surface area contributed by atoms with Crippen molar-refractivity contribution in [2.24, 2.45) is 5.10 Å². The van der Waals surface area contributed by atoms with Crippen LogP contribution in [0.1, 0.15) is 25.8 Å². The maximum atomic E-state index is 13.4. The molecular weight excluding hydrogens is 460 g/mol. The lowest BCUT2D eigenvalue weighted by Gasteiger charge is -2.12. The van der Waals surface area contributed by atoms with Crippen molar-refractivity contribution in [2.75, 3.05) is 0 Å². The summed E-state index contributed by atoms with van der Waals surface area (Å²) in [6.45, 7) is 3.78. The molecule has 0 spiro atoms. The molecule has 0 unspecified atom stereocenters. The molecule has 0 aliphatic heterocycles. The van der Waals surface area contributed by atoms with E-state index in [1.54, 1.807) is 36.4 Å². The Kier molecular flexibility index (Phi) is 6.03. The number of fused-ring (bicyclic) bond motifs is 2. The maximum Gasteiger partial charge on any atom is 0.311 e. The highest BCUT2D eigenvalue weighted by molar-refractivity contribution is 5.85. The Morgan fingerprint density at radius 2 is 1.92 bits per heavy atom. The highest BCUT2D eigenvalue weighted by Gasteiger charge is 2.19. The number of furan rings is 1. The van der Waals surface area contributed by atoms with Gasteiger partial charge in [0.25, 0.3) is 5.56 Å². The summed E-state index contributed by atoms with van der Waals surface area (Å²) in [6.07, 6.45) is 1.92. The highest BCUT2D eigenvalue weighted by Crippen LogP contribution is 2.29. The quantitative estimate of drug-likeness (QED) is 0.165. The van der Waals surface area contributed by atoms with Crippen molar-refractivity contribution in [1.82, 2.24) is 9.66 Å². The summed E-state index contributed by atoms with van der Waals surface area (Å²) in [5.41, 5.74) is 1.01. The number of ether oxygens (including phenoxy) is 1. The fourth-order valence-electron chi connectivity index (χ4n) is 3.76. The van der Waals surface area contributed by atoms with Gasteiger partial charge in [0, 0.05) is 17.0 Å². The topological polar surface area (TPSA) is 113 Å². The Morgan fingerprint density at radius 1 is 1.14 bits per heavy atom. The Labute approximate surface area is 205 Å². The van der Waals surface area contributed by atoms with Crippen LogP contribution < -0.4 is 10.3 Å². The van der Waals surface area contributed by atoms with E-state index in [0.717, 1.165) is 10.1 Å². The molecule has 3 aromatic carbocycles. The lowest BCUT2D eigenvalue weighted by molar-refractivity contribution is -0.386. The molecule has 0 fully saturated rings. The van der Waals surface area contributed by atoms with Gasteiger partial charge in [-0.05, 0) is 49.7 Å². The third-order valence-electron chi connectivity index (χ3n) is 5.80. The molecule has 0 saturated heterocycles. The van der Waals surface area contributed by atoms with E-state index in [1.165, 1.54) is 18.3 Å². The van der Waals surface area contributed by atoms with E-state index in [2.05, 4.69) is 10.1 Å². The standard InChI is InChI=1S/C27H22N4O5/c1-3-17(2)35-24-13-12-18(14-22(24)31(33)34)16-28-30-26(25-15-19-8-4-7-11-23(19)36-25)29-21-10-6-5-9-20(21)27(30)32/h4-17H,3H2,1-2H3/t17-/m1/s1. The first-order valence-electron chi connectivity index (χ1n) is 11.4. The van der Waals surface area contributed by atoms with Crippen molar-refractivity contribution >= 4 is 33.8 Å². The second-order valence-corrected chi connectivity index (χ2v) is 8.28. The lowest BCUT2D eigenvalue weighted by atomic mass is 10.2. The van der Waals surface area contributed by atoms with Gasteiger partial charge in [-0.2, -0.15) is 9.78 Å². The lowest BCUT2D eigenvalue weighted by Crippen LogP contribution is -2.20. The fraction of sp³-hybridized carbons (Fsp3) is 0.148. The van der Waals surface area contributed by atoms with Crippen molar-refractivity contribution in [3.8, 4) is 17.3 Å². The molecule has 0 amide bonds. The molecule has 0 saturated carbocycles. The number of aromatic nitrogens is 2. The van der Waals surface area contributed by atoms with E-state index in [4.69, 9.17) is 9.15 Å². The van der Waals surface area contributed by atoms with E-state index >= 15 is 0 Å². The number of hydrogen-bond acceptors (Lipinski definition) is 7. The van der Waals surface area contributed by atoms with E-state index < -0.39 is 10.5 Å². The molecule has 0 N–H and O–H groups in total. The van der Waals surface area contributed by atoms with Gasteiger partial charge in [-0.1, -0.05) is 37.3 Å². The number of nitro groups is 1. The van der Waals surface area contributed by atoms with Crippen molar-refractivity contribution < 1.29 is 14.1 Å². The predicted molar refractivity (Wildman–Crippen MR) is 138 cm³/mol. The van der Waals surface area contributed by atoms with Gasteiger partial charge in [-0.25, -0.2) is 4.98 Å². The minimum absolute atomic E-state index is 0.170. The maximum absolute atomic E-state index is 13.4. The van der Waals surface area contributed by atoms with Gasteiger partial charge in [0.2, 0.25) is 5.82 Å². The second-order valence-electron chi connectivity index (χ2n) is 8.28. The van der Waals surface area contributed by atoms with Crippen LogP contribution in [-0.4, -0.2) is 26.9 Å². The molecule has 0 radical (unpaired) electrons. The normalized spacial score (nSPS) is 12.4. The summed E-state index contributed by atoms with van der Waals surface area (Å²) in [7, 11) is 0. The SMILES string of the molecule is CC[C@@H](C)Oc1ccc(C=Nn2c(-c3cc4ccccc4o3)nc3ccccc3c2=O)cc1[N+](=O)[O-]. The molecule has 2 heterocycles. The van der Waals surface area contributed by atoms with Crippen molar-refractivity contribution in [3.05, 3.63) is 98.8 Å². The van der Waals surface area contributed by atoms with Gasteiger partial charge in [0.1, 0.15) is 5.58 Å². The second kappa shape index (κ2) is 9.46. The van der Waals surface area contributed by atoms with Crippen LogP contribution in [0.2, 0.25) is 0 Å². The van der Waals surface area contributed by atoms with Crippen LogP contribution in [-0.2, 0) is 0 Å². The zero-order valence-corrected chi connectivity index (χ0v) is 19.6. The van der Waals surface area contributed by atoms with Crippen LogP contribution in [0.3, 0.4) is 0 Å². The number of nitro benzene ring substituents is 1.